The van der Waals surface area contributed by atoms with Gasteiger partial charge in [0.05, 0.1) is 12.8 Å². The Morgan fingerprint density at radius 1 is 1.29 bits per heavy atom. The Morgan fingerprint density at radius 2 is 1.90 bits per heavy atom. The molecule has 1 atom stereocenters. The summed E-state index contributed by atoms with van der Waals surface area (Å²) in [5.74, 6) is -1.06. The van der Waals surface area contributed by atoms with Gasteiger partial charge >= 0.3 is 12.1 Å². The largest absolute Gasteiger partial charge is 0.495 e. The number of carboxylic acid groups (broad SMARTS) is 1. The SMILES string of the molecule is COc1ccc(C(O)C(=O)O)cc1NC(=O)OC(C)(C)C. The van der Waals surface area contributed by atoms with Crippen LogP contribution >= 0.6 is 0 Å². The summed E-state index contributed by atoms with van der Waals surface area (Å²) < 4.78 is 10.2. The van der Waals surface area contributed by atoms with Crippen LogP contribution in [-0.4, -0.2) is 35.0 Å². The van der Waals surface area contributed by atoms with Crippen molar-refractivity contribution in [3.63, 3.8) is 0 Å². The molecule has 0 heterocycles. The van der Waals surface area contributed by atoms with E-state index in [9.17, 15) is 14.7 Å². The fraction of sp³-hybridized carbons (Fsp3) is 0.429. The van der Waals surface area contributed by atoms with Crippen LogP contribution in [0.1, 0.15) is 32.4 Å². The number of aliphatic hydroxyl groups excluding tert-OH is 1. The van der Waals surface area contributed by atoms with Crippen molar-refractivity contribution < 1.29 is 29.3 Å². The number of carbonyl (C=O) groups excluding carboxylic acids is 1. The van der Waals surface area contributed by atoms with Gasteiger partial charge in [0.15, 0.2) is 6.10 Å². The number of amides is 1. The molecule has 7 nitrogen and oxygen atoms in total. The fourth-order valence-electron chi connectivity index (χ4n) is 1.55. The fourth-order valence-corrected chi connectivity index (χ4v) is 1.55. The summed E-state index contributed by atoms with van der Waals surface area (Å²) in [6.45, 7) is 5.15. The molecule has 0 aliphatic carbocycles. The van der Waals surface area contributed by atoms with E-state index < -0.39 is 23.8 Å². The van der Waals surface area contributed by atoms with E-state index >= 15 is 0 Å². The summed E-state index contributed by atoms with van der Waals surface area (Å²) in [5, 5.41) is 20.8. The standard InChI is InChI=1S/C14H19NO6/c1-14(2,3)21-13(19)15-9-7-8(11(16)12(17)18)5-6-10(9)20-4/h5-7,11,16H,1-4H3,(H,15,19)(H,17,18). The van der Waals surface area contributed by atoms with E-state index in [-0.39, 0.29) is 11.3 Å². The Bertz CT molecular complexity index is 535. The lowest BCUT2D eigenvalue weighted by molar-refractivity contribution is -0.146. The van der Waals surface area contributed by atoms with Gasteiger partial charge in [-0.2, -0.15) is 0 Å². The second-order valence-electron chi connectivity index (χ2n) is 5.33. The molecule has 0 saturated carbocycles. The zero-order valence-electron chi connectivity index (χ0n) is 12.3. The van der Waals surface area contributed by atoms with Gasteiger partial charge in [-0.1, -0.05) is 6.07 Å². The van der Waals surface area contributed by atoms with Crippen LogP contribution in [0.2, 0.25) is 0 Å². The average molecular weight is 297 g/mol. The number of aliphatic hydroxyl groups is 1. The number of methoxy groups -OCH3 is 1. The number of nitrogens with one attached hydrogen (secondary N) is 1. The summed E-state index contributed by atoms with van der Waals surface area (Å²) in [5.41, 5.74) is -0.339. The molecule has 116 valence electrons. The van der Waals surface area contributed by atoms with Gasteiger partial charge < -0.3 is 19.7 Å². The Kier molecular flexibility index (Phi) is 5.15. The molecule has 0 spiro atoms. The lowest BCUT2D eigenvalue weighted by atomic mass is 10.1. The first-order valence-corrected chi connectivity index (χ1v) is 6.23. The molecule has 0 aliphatic rings. The third-order valence-corrected chi connectivity index (χ3v) is 2.41. The highest BCUT2D eigenvalue weighted by Gasteiger charge is 2.20. The van der Waals surface area contributed by atoms with Crippen molar-refractivity contribution >= 4 is 17.7 Å². The second-order valence-corrected chi connectivity index (χ2v) is 5.33. The number of hydrogen-bond acceptors (Lipinski definition) is 5. The monoisotopic (exact) mass is 297 g/mol. The van der Waals surface area contributed by atoms with Crippen LogP contribution in [0.15, 0.2) is 18.2 Å². The number of hydrogen-bond donors (Lipinski definition) is 3. The van der Waals surface area contributed by atoms with E-state index in [4.69, 9.17) is 14.6 Å². The van der Waals surface area contributed by atoms with E-state index in [1.165, 1.54) is 25.3 Å². The van der Waals surface area contributed by atoms with Gasteiger partial charge in [-0.25, -0.2) is 9.59 Å². The van der Waals surface area contributed by atoms with Crippen LogP contribution in [-0.2, 0) is 9.53 Å². The van der Waals surface area contributed by atoms with Gasteiger partial charge in [0.25, 0.3) is 0 Å². The molecule has 0 bridgehead atoms. The van der Waals surface area contributed by atoms with Crippen LogP contribution in [0, 0.1) is 0 Å². The molecule has 0 radical (unpaired) electrons. The van der Waals surface area contributed by atoms with Crippen LogP contribution in [0.4, 0.5) is 10.5 Å². The van der Waals surface area contributed by atoms with Crippen molar-refractivity contribution in [2.45, 2.75) is 32.5 Å². The van der Waals surface area contributed by atoms with Crippen LogP contribution in [0.25, 0.3) is 0 Å². The van der Waals surface area contributed by atoms with Crippen molar-refractivity contribution in [1.82, 2.24) is 0 Å². The Balaban J connectivity index is 3.01. The van der Waals surface area contributed by atoms with Crippen LogP contribution < -0.4 is 10.1 Å². The molecule has 7 heteroatoms. The third-order valence-electron chi connectivity index (χ3n) is 2.41. The van der Waals surface area contributed by atoms with Gasteiger partial charge in [0, 0.05) is 0 Å². The summed E-state index contributed by atoms with van der Waals surface area (Å²) in [6.07, 6.45) is -2.39. The second kappa shape index (κ2) is 6.45. The van der Waals surface area contributed by atoms with Gasteiger partial charge in [-0.3, -0.25) is 5.32 Å². The Labute approximate surface area is 122 Å². The van der Waals surface area contributed by atoms with Crippen molar-refractivity contribution in [1.29, 1.82) is 0 Å². The predicted octanol–water partition coefficient (Wildman–Crippen LogP) is 2.16. The summed E-state index contributed by atoms with van der Waals surface area (Å²) in [7, 11) is 1.41. The van der Waals surface area contributed by atoms with Crippen molar-refractivity contribution in [2.75, 3.05) is 12.4 Å². The molecule has 1 unspecified atom stereocenters. The molecular formula is C14H19NO6. The Morgan fingerprint density at radius 3 is 2.38 bits per heavy atom. The highest BCUT2D eigenvalue weighted by molar-refractivity contribution is 5.87. The first-order chi connectivity index (χ1) is 9.64. The number of carbonyl (C=O) groups is 2. The first kappa shape index (κ1) is 16.8. The molecule has 3 N–H and O–H groups in total. The summed E-state index contributed by atoms with van der Waals surface area (Å²) >= 11 is 0. The van der Waals surface area contributed by atoms with Gasteiger partial charge in [0.2, 0.25) is 0 Å². The molecule has 1 rings (SSSR count). The van der Waals surface area contributed by atoms with Gasteiger partial charge in [-0.05, 0) is 38.5 Å². The van der Waals surface area contributed by atoms with Gasteiger partial charge in [0.1, 0.15) is 11.4 Å². The van der Waals surface area contributed by atoms with E-state index in [0.29, 0.717) is 5.75 Å². The number of aliphatic carboxylic acids is 1. The molecule has 21 heavy (non-hydrogen) atoms. The van der Waals surface area contributed by atoms with Crippen molar-refractivity contribution in [3.8, 4) is 5.75 Å². The first-order valence-electron chi connectivity index (χ1n) is 6.23. The zero-order chi connectivity index (χ0) is 16.2. The highest BCUT2D eigenvalue weighted by atomic mass is 16.6. The molecule has 1 aromatic rings. The third kappa shape index (κ3) is 4.96. The zero-order valence-corrected chi connectivity index (χ0v) is 12.3. The predicted molar refractivity (Wildman–Crippen MR) is 75.4 cm³/mol. The van der Waals surface area contributed by atoms with E-state index in [1.54, 1.807) is 20.8 Å². The van der Waals surface area contributed by atoms with Crippen LogP contribution in [0.3, 0.4) is 0 Å². The number of benzene rings is 1. The van der Waals surface area contributed by atoms with Gasteiger partial charge in [-0.15, -0.1) is 0 Å². The summed E-state index contributed by atoms with van der Waals surface area (Å²) in [4.78, 5) is 22.5. The maximum Gasteiger partial charge on any atom is 0.412 e. The maximum absolute atomic E-state index is 11.7. The highest BCUT2D eigenvalue weighted by Crippen LogP contribution is 2.28. The number of carboxylic acids is 1. The van der Waals surface area contributed by atoms with Crippen LogP contribution in [0.5, 0.6) is 5.75 Å². The van der Waals surface area contributed by atoms with E-state index in [2.05, 4.69) is 5.32 Å². The average Bonchev–Trinajstić information content (AvgIpc) is 2.35. The lowest BCUT2D eigenvalue weighted by Crippen LogP contribution is -2.27. The molecule has 0 aliphatic heterocycles. The van der Waals surface area contributed by atoms with E-state index in [1.807, 2.05) is 0 Å². The van der Waals surface area contributed by atoms with Crippen molar-refractivity contribution in [2.24, 2.45) is 0 Å². The molecular weight excluding hydrogens is 278 g/mol. The smallest absolute Gasteiger partial charge is 0.412 e. The quantitative estimate of drug-likeness (QED) is 0.786. The molecule has 0 aromatic heterocycles. The molecule has 0 saturated heterocycles. The molecule has 1 amide bonds. The number of anilines is 1. The maximum atomic E-state index is 11.7. The number of rotatable bonds is 4. The lowest BCUT2D eigenvalue weighted by Gasteiger charge is -2.20. The van der Waals surface area contributed by atoms with E-state index in [0.717, 1.165) is 0 Å². The number of ether oxygens (including phenoxy) is 2. The molecule has 0 fully saturated rings. The minimum atomic E-state index is -1.69. The minimum Gasteiger partial charge on any atom is -0.495 e. The topological polar surface area (TPSA) is 105 Å². The molecule has 1 aromatic carbocycles. The Hall–Kier alpha value is -2.28. The van der Waals surface area contributed by atoms with Crippen molar-refractivity contribution in [3.05, 3.63) is 23.8 Å². The normalized spacial score (nSPS) is 12.4. The summed E-state index contributed by atoms with van der Waals surface area (Å²) in [6, 6.07) is 4.17. The minimum absolute atomic E-state index is 0.120.